The number of aromatic nitrogens is 1. The summed E-state index contributed by atoms with van der Waals surface area (Å²) in [5.41, 5.74) is -3.81. The Kier molecular flexibility index (Phi) is 9.83. The molecule has 0 bridgehead atoms. The summed E-state index contributed by atoms with van der Waals surface area (Å²) in [6, 6.07) is 8.32. The number of hydrazone groups is 1. The number of carbonyl (C=O) groups is 1. The Morgan fingerprint density at radius 1 is 1.11 bits per heavy atom. The van der Waals surface area contributed by atoms with Crippen LogP contribution in [0.5, 0.6) is 0 Å². The quantitative estimate of drug-likeness (QED) is 0.177. The van der Waals surface area contributed by atoms with Crippen LogP contribution in [0, 0.1) is 11.6 Å². The highest BCUT2D eigenvalue weighted by Crippen LogP contribution is 2.42. The lowest BCUT2D eigenvalue weighted by atomic mass is 10.0. The first-order valence-electron chi connectivity index (χ1n) is 10.3. The largest absolute Gasteiger partial charge is 0.433 e. The van der Waals surface area contributed by atoms with Gasteiger partial charge in [0.05, 0.1) is 10.6 Å². The van der Waals surface area contributed by atoms with E-state index in [2.05, 4.69) is 17.0 Å². The van der Waals surface area contributed by atoms with Gasteiger partial charge in [-0.05, 0) is 37.4 Å². The Balaban J connectivity index is 0.00000222. The highest BCUT2D eigenvalue weighted by Gasteiger charge is 2.43. The van der Waals surface area contributed by atoms with Gasteiger partial charge in [-0.2, -0.15) is 18.3 Å². The number of allylic oxidation sites excluding steroid dienone is 2. The average Bonchev–Trinajstić information content (AvgIpc) is 3.27. The third kappa shape index (κ3) is 5.79. The summed E-state index contributed by atoms with van der Waals surface area (Å²) in [6.45, 7) is 8.12. The third-order valence-electron chi connectivity index (χ3n) is 4.68. The van der Waals surface area contributed by atoms with Crippen LogP contribution in [-0.2, 0) is 0 Å². The van der Waals surface area contributed by atoms with Gasteiger partial charge in [0.15, 0.2) is 11.5 Å². The number of benzene rings is 2. The molecule has 0 fully saturated rings. The van der Waals surface area contributed by atoms with Crippen molar-refractivity contribution in [3.63, 3.8) is 0 Å². The molecule has 192 valence electrons. The Morgan fingerprint density at radius 3 is 2.25 bits per heavy atom. The third-order valence-corrected chi connectivity index (χ3v) is 5.57. The van der Waals surface area contributed by atoms with E-state index < -0.39 is 51.2 Å². The topological polar surface area (TPSA) is 58.7 Å². The fraction of sp³-hybridized carbons (Fsp3) is 0.208. The van der Waals surface area contributed by atoms with E-state index in [4.69, 9.17) is 16.1 Å². The highest BCUT2D eigenvalue weighted by molar-refractivity contribution is 8.13. The van der Waals surface area contributed by atoms with Gasteiger partial charge in [0.2, 0.25) is 5.12 Å². The van der Waals surface area contributed by atoms with Gasteiger partial charge in [-0.15, -0.1) is 0 Å². The maximum Gasteiger partial charge on any atom is 0.433 e. The number of alkyl halides is 3. The van der Waals surface area contributed by atoms with Crippen molar-refractivity contribution in [2.45, 2.75) is 26.9 Å². The summed E-state index contributed by atoms with van der Waals surface area (Å²) in [6.07, 6.45) is -3.72. The van der Waals surface area contributed by atoms with Crippen LogP contribution >= 0.6 is 23.4 Å². The minimum Gasteiger partial charge on any atom is -0.355 e. The van der Waals surface area contributed by atoms with Crippen LogP contribution in [0.15, 0.2) is 57.8 Å². The van der Waals surface area contributed by atoms with E-state index in [1.807, 2.05) is 13.8 Å². The molecule has 0 amide bonds. The van der Waals surface area contributed by atoms with Gasteiger partial charge in [-0.3, -0.25) is 4.79 Å². The molecule has 1 aromatic heterocycles. The van der Waals surface area contributed by atoms with E-state index in [9.17, 15) is 26.7 Å². The Morgan fingerprint density at radius 2 is 1.72 bits per heavy atom. The molecule has 0 aliphatic heterocycles. The molecule has 3 rings (SSSR count). The second-order valence-electron chi connectivity index (χ2n) is 6.70. The molecule has 2 aromatic carbocycles. The van der Waals surface area contributed by atoms with Crippen molar-refractivity contribution in [2.75, 3.05) is 11.3 Å². The van der Waals surface area contributed by atoms with Crippen LogP contribution in [0.2, 0.25) is 5.02 Å². The lowest BCUT2D eigenvalue weighted by molar-refractivity contribution is -0.0929. The van der Waals surface area contributed by atoms with Crippen LogP contribution in [0.1, 0.15) is 36.9 Å². The molecule has 0 saturated carbocycles. The van der Waals surface area contributed by atoms with Crippen molar-refractivity contribution in [1.29, 1.82) is 0 Å². The molecule has 0 aliphatic rings. The van der Waals surface area contributed by atoms with Crippen molar-refractivity contribution < 1.29 is 31.3 Å². The summed E-state index contributed by atoms with van der Waals surface area (Å²) in [7, 11) is 0. The lowest BCUT2D eigenvalue weighted by Gasteiger charge is -2.25. The molecule has 0 aliphatic carbocycles. The standard InChI is InChI=1S/C22H15ClF5N3O2S.C2H6/c1-11(20(22(26,27)28)31(29-2)15-10-5-4-8-13(15)24)19-17(21(32)34-3)18(30-33-19)16-12(23)7-6-9-14(16)25;1-2/h4-10H,2H2,1,3H3;1-2H3/b20-11+;. The number of anilines is 1. The van der Waals surface area contributed by atoms with Crippen LogP contribution in [0.4, 0.5) is 27.6 Å². The molecule has 12 heteroatoms. The molecule has 0 radical (unpaired) electrons. The van der Waals surface area contributed by atoms with Crippen molar-refractivity contribution in [2.24, 2.45) is 5.10 Å². The summed E-state index contributed by atoms with van der Waals surface area (Å²) in [5, 5.41) is 6.38. The minimum atomic E-state index is -5.10. The molecule has 36 heavy (non-hydrogen) atoms. The molecule has 0 saturated heterocycles. The van der Waals surface area contributed by atoms with Gasteiger partial charge in [0.25, 0.3) is 0 Å². The fourth-order valence-electron chi connectivity index (χ4n) is 3.22. The highest BCUT2D eigenvalue weighted by atomic mass is 35.5. The van der Waals surface area contributed by atoms with E-state index >= 15 is 0 Å². The molecule has 0 atom stereocenters. The number of nitrogens with zero attached hydrogens (tertiary/aromatic N) is 3. The zero-order chi connectivity index (χ0) is 27.2. The van der Waals surface area contributed by atoms with Gasteiger partial charge in [-0.1, -0.05) is 60.6 Å². The second-order valence-corrected chi connectivity index (χ2v) is 7.89. The second kappa shape index (κ2) is 12.2. The summed E-state index contributed by atoms with van der Waals surface area (Å²) < 4.78 is 76.7. The van der Waals surface area contributed by atoms with E-state index in [-0.39, 0.29) is 21.3 Å². The number of carbonyl (C=O) groups excluding carboxylic acids is 1. The molecule has 3 aromatic rings. The Bertz CT molecular complexity index is 1270. The van der Waals surface area contributed by atoms with Crippen LogP contribution in [0.3, 0.4) is 0 Å². The van der Waals surface area contributed by atoms with E-state index in [0.717, 1.165) is 25.1 Å². The number of rotatable bonds is 6. The van der Waals surface area contributed by atoms with Crippen molar-refractivity contribution in [3.8, 4) is 11.3 Å². The molecular formula is C24H21ClF5N3O2S. The molecule has 0 spiro atoms. The van der Waals surface area contributed by atoms with Gasteiger partial charge in [-0.25, -0.2) is 13.8 Å². The lowest BCUT2D eigenvalue weighted by Crippen LogP contribution is -2.29. The van der Waals surface area contributed by atoms with Crippen LogP contribution in [-0.4, -0.2) is 29.4 Å². The first-order valence-corrected chi connectivity index (χ1v) is 11.9. The SMILES string of the molecule is C=NN(/C(=C(\C)c1onc(-c2c(F)cccc2Cl)c1C(=O)SC)C(F)(F)F)c1ccccc1F.CC. The number of hydrogen-bond donors (Lipinski definition) is 0. The van der Waals surface area contributed by atoms with Gasteiger partial charge in [0.1, 0.15) is 28.6 Å². The van der Waals surface area contributed by atoms with Crippen molar-refractivity contribution >= 4 is 46.5 Å². The monoisotopic (exact) mass is 545 g/mol. The molecule has 0 N–H and O–H groups in total. The summed E-state index contributed by atoms with van der Waals surface area (Å²) >= 11 is 6.72. The van der Waals surface area contributed by atoms with E-state index in [1.165, 1.54) is 30.5 Å². The predicted octanol–water partition coefficient (Wildman–Crippen LogP) is 8.22. The molecule has 1 heterocycles. The maximum atomic E-state index is 14.5. The number of para-hydroxylation sites is 1. The maximum absolute atomic E-state index is 14.5. The predicted molar refractivity (Wildman–Crippen MR) is 133 cm³/mol. The molecular weight excluding hydrogens is 525 g/mol. The summed E-state index contributed by atoms with van der Waals surface area (Å²) in [4.78, 5) is 12.7. The Labute approximate surface area is 213 Å². The van der Waals surface area contributed by atoms with Crippen molar-refractivity contribution in [3.05, 3.63) is 76.1 Å². The van der Waals surface area contributed by atoms with Crippen LogP contribution < -0.4 is 5.01 Å². The first kappa shape index (κ1) is 29.1. The van der Waals surface area contributed by atoms with E-state index in [0.29, 0.717) is 11.8 Å². The minimum absolute atomic E-state index is 0.131. The van der Waals surface area contributed by atoms with Gasteiger partial charge < -0.3 is 4.52 Å². The number of hydrogen-bond acceptors (Lipinski definition) is 6. The van der Waals surface area contributed by atoms with E-state index in [1.54, 1.807) is 0 Å². The number of thioether (sulfide) groups is 1. The zero-order valence-corrected chi connectivity index (χ0v) is 21.2. The Hall–Kier alpha value is -3.18. The van der Waals surface area contributed by atoms with Gasteiger partial charge >= 0.3 is 6.18 Å². The smallest absolute Gasteiger partial charge is 0.355 e. The van der Waals surface area contributed by atoms with Gasteiger partial charge in [0, 0.05) is 12.3 Å². The van der Waals surface area contributed by atoms with Crippen LogP contribution in [0.25, 0.3) is 16.8 Å². The molecule has 5 nitrogen and oxygen atoms in total. The first-order chi connectivity index (χ1) is 17.0. The number of halogens is 6. The molecule has 0 unspecified atom stereocenters. The fourth-order valence-corrected chi connectivity index (χ4v) is 3.87. The van der Waals surface area contributed by atoms with Crippen molar-refractivity contribution in [1.82, 2.24) is 5.16 Å². The summed E-state index contributed by atoms with van der Waals surface area (Å²) in [5.74, 6) is -2.46. The normalized spacial score (nSPS) is 11.8. The zero-order valence-electron chi connectivity index (χ0n) is 19.6. The average molecular weight is 546 g/mol.